The number of benzene rings is 1. The van der Waals surface area contributed by atoms with Gasteiger partial charge in [0.2, 0.25) is 5.91 Å². The second kappa shape index (κ2) is 12.0. The molecule has 2 aliphatic heterocycles. The molecule has 2 saturated heterocycles. The summed E-state index contributed by atoms with van der Waals surface area (Å²) < 4.78 is 12.0. The van der Waals surface area contributed by atoms with Crippen LogP contribution in [0.2, 0.25) is 0 Å². The Morgan fingerprint density at radius 2 is 1.97 bits per heavy atom. The van der Waals surface area contributed by atoms with E-state index in [0.717, 1.165) is 76.5 Å². The van der Waals surface area contributed by atoms with Gasteiger partial charge in [-0.05, 0) is 89.1 Å². The maximum atomic E-state index is 12.8. The van der Waals surface area contributed by atoms with Crippen molar-refractivity contribution in [1.29, 1.82) is 0 Å². The number of aldehydes is 1. The van der Waals surface area contributed by atoms with Crippen LogP contribution < -0.4 is 15.4 Å². The third-order valence-electron chi connectivity index (χ3n) is 7.59. The first kappa shape index (κ1) is 24.2. The second-order valence-corrected chi connectivity index (χ2v) is 9.78. The number of nitrogens with one attached hydrogen (secondary N) is 2. The fraction of sp³-hybridized carbons (Fsp3) is 0.692. The fourth-order valence-corrected chi connectivity index (χ4v) is 5.67. The van der Waals surface area contributed by atoms with Crippen LogP contribution in [0.4, 0.5) is 0 Å². The van der Waals surface area contributed by atoms with Crippen LogP contribution in [0, 0.1) is 0 Å². The number of hydrogen-bond donors (Lipinski definition) is 2. The Labute approximate surface area is 197 Å². The van der Waals surface area contributed by atoms with E-state index in [0.29, 0.717) is 12.5 Å². The molecule has 33 heavy (non-hydrogen) atoms. The van der Waals surface area contributed by atoms with Crippen molar-refractivity contribution in [3.63, 3.8) is 0 Å². The van der Waals surface area contributed by atoms with Gasteiger partial charge in [0, 0.05) is 6.04 Å². The molecule has 2 N–H and O–H groups in total. The maximum absolute atomic E-state index is 12.8. The number of likely N-dealkylation sites (tertiary alicyclic amines) is 1. The molecule has 7 nitrogen and oxygen atoms in total. The van der Waals surface area contributed by atoms with Crippen LogP contribution in [0.3, 0.4) is 0 Å². The van der Waals surface area contributed by atoms with Crippen molar-refractivity contribution in [2.45, 2.75) is 81.5 Å². The van der Waals surface area contributed by atoms with E-state index in [4.69, 9.17) is 9.47 Å². The van der Waals surface area contributed by atoms with Crippen LogP contribution in [0.15, 0.2) is 24.3 Å². The molecule has 1 aromatic rings. The van der Waals surface area contributed by atoms with Gasteiger partial charge < -0.3 is 20.1 Å². The molecular formula is C26H39N3O4. The van der Waals surface area contributed by atoms with Crippen LogP contribution in [0.1, 0.15) is 62.8 Å². The van der Waals surface area contributed by atoms with Gasteiger partial charge in [0.25, 0.3) is 0 Å². The monoisotopic (exact) mass is 457 g/mol. The van der Waals surface area contributed by atoms with Crippen molar-refractivity contribution < 1.29 is 19.1 Å². The van der Waals surface area contributed by atoms with Gasteiger partial charge in [0.05, 0.1) is 24.8 Å². The van der Waals surface area contributed by atoms with Gasteiger partial charge >= 0.3 is 0 Å². The molecule has 1 aromatic carbocycles. The van der Waals surface area contributed by atoms with Crippen LogP contribution in [-0.2, 0) is 14.3 Å². The maximum Gasteiger partial charge on any atom is 0.237 e. The van der Waals surface area contributed by atoms with Gasteiger partial charge in [-0.15, -0.1) is 0 Å². The number of likely N-dealkylation sites (N-methyl/N-ethyl adjacent to an activating group) is 1. The summed E-state index contributed by atoms with van der Waals surface area (Å²) >= 11 is 0. The van der Waals surface area contributed by atoms with Gasteiger partial charge in [-0.2, -0.15) is 0 Å². The van der Waals surface area contributed by atoms with E-state index in [-0.39, 0.29) is 36.7 Å². The lowest BCUT2D eigenvalue weighted by atomic mass is 9.82. The topological polar surface area (TPSA) is 79.9 Å². The summed E-state index contributed by atoms with van der Waals surface area (Å²) in [6, 6.07) is 8.39. The minimum Gasteiger partial charge on any atom is -0.486 e. The van der Waals surface area contributed by atoms with Gasteiger partial charge in [0.1, 0.15) is 12.4 Å². The Bertz CT molecular complexity index is 781. The molecule has 0 bridgehead atoms. The normalized spacial score (nSPS) is 30.6. The zero-order valence-electron chi connectivity index (χ0n) is 19.8. The van der Waals surface area contributed by atoms with Gasteiger partial charge in [-0.25, -0.2) is 0 Å². The van der Waals surface area contributed by atoms with Crippen LogP contribution in [-0.4, -0.2) is 74.7 Å². The van der Waals surface area contributed by atoms with E-state index in [1.807, 2.05) is 25.2 Å². The summed E-state index contributed by atoms with van der Waals surface area (Å²) in [7, 11) is 2.04. The number of amides is 1. The highest BCUT2D eigenvalue weighted by Gasteiger charge is 2.33. The zero-order chi connectivity index (χ0) is 23.0. The fourth-order valence-electron chi connectivity index (χ4n) is 5.67. The van der Waals surface area contributed by atoms with Crippen molar-refractivity contribution in [2.75, 3.05) is 33.4 Å². The van der Waals surface area contributed by atoms with Gasteiger partial charge in [-0.3, -0.25) is 14.5 Å². The molecule has 4 rings (SSSR count). The largest absolute Gasteiger partial charge is 0.486 e. The van der Waals surface area contributed by atoms with E-state index in [1.165, 1.54) is 5.56 Å². The average molecular weight is 458 g/mol. The van der Waals surface area contributed by atoms with Crippen LogP contribution in [0.25, 0.3) is 0 Å². The van der Waals surface area contributed by atoms with E-state index >= 15 is 0 Å². The van der Waals surface area contributed by atoms with Gasteiger partial charge in [0.15, 0.2) is 6.29 Å². The first-order chi connectivity index (χ1) is 16.2. The third-order valence-corrected chi connectivity index (χ3v) is 7.59. The summed E-state index contributed by atoms with van der Waals surface area (Å²) in [5.74, 6) is 1.44. The average Bonchev–Trinajstić information content (AvgIpc) is 3.29. The molecule has 3 aliphatic rings. The number of nitrogens with zero attached hydrogens (tertiary/aromatic N) is 1. The summed E-state index contributed by atoms with van der Waals surface area (Å²) in [6.45, 7) is 2.72. The highest BCUT2D eigenvalue weighted by Crippen LogP contribution is 2.38. The molecule has 0 unspecified atom stereocenters. The number of hydrogen-bond acceptors (Lipinski definition) is 6. The Kier molecular flexibility index (Phi) is 8.75. The first-order valence-corrected chi connectivity index (χ1v) is 12.7. The van der Waals surface area contributed by atoms with Crippen LogP contribution in [0.5, 0.6) is 5.75 Å². The highest BCUT2D eigenvalue weighted by atomic mass is 16.5. The summed E-state index contributed by atoms with van der Waals surface area (Å²) in [5.41, 5.74) is 1.20. The summed E-state index contributed by atoms with van der Waals surface area (Å²) in [5, 5.41) is 6.90. The van der Waals surface area contributed by atoms with Gasteiger partial charge in [-0.1, -0.05) is 18.2 Å². The molecule has 1 amide bonds. The number of piperidine rings is 1. The molecule has 1 aliphatic carbocycles. The minimum absolute atomic E-state index is 0.0159. The second-order valence-electron chi connectivity index (χ2n) is 9.78. The van der Waals surface area contributed by atoms with Crippen molar-refractivity contribution in [2.24, 2.45) is 0 Å². The molecular weight excluding hydrogens is 418 g/mol. The molecule has 2 heterocycles. The minimum atomic E-state index is 0.0159. The molecule has 1 saturated carbocycles. The molecule has 182 valence electrons. The molecule has 0 spiro atoms. The smallest absolute Gasteiger partial charge is 0.237 e. The van der Waals surface area contributed by atoms with E-state index < -0.39 is 0 Å². The van der Waals surface area contributed by atoms with E-state index in [1.54, 1.807) is 0 Å². The molecule has 3 atom stereocenters. The lowest BCUT2D eigenvalue weighted by molar-refractivity contribution is -0.126. The number of para-hydroxylation sites is 1. The van der Waals surface area contributed by atoms with E-state index in [2.05, 4.69) is 21.6 Å². The number of carbonyl (C=O) groups is 2. The first-order valence-electron chi connectivity index (χ1n) is 12.7. The van der Waals surface area contributed by atoms with Crippen molar-refractivity contribution >= 4 is 12.2 Å². The Morgan fingerprint density at radius 1 is 1.15 bits per heavy atom. The quantitative estimate of drug-likeness (QED) is 0.555. The van der Waals surface area contributed by atoms with Crippen LogP contribution >= 0.6 is 0 Å². The highest BCUT2D eigenvalue weighted by molar-refractivity contribution is 5.82. The lowest BCUT2D eigenvalue weighted by Gasteiger charge is -2.36. The molecule has 0 radical (unpaired) electrons. The number of rotatable bonds is 9. The molecule has 0 aromatic heterocycles. The van der Waals surface area contributed by atoms with Crippen molar-refractivity contribution in [3.8, 4) is 5.75 Å². The Balaban J connectivity index is 1.25. The van der Waals surface area contributed by atoms with Crippen molar-refractivity contribution in [3.05, 3.63) is 29.8 Å². The molecule has 3 fully saturated rings. The Hall–Kier alpha value is -1.96. The SMILES string of the molecule is CN1CCC[C@H]1C(=O)N[C@H]1CCCN[C@H]1COC1CCC(c2ccccc2OCC=O)CC1. The number of ether oxygens (including phenoxy) is 2. The Morgan fingerprint density at radius 3 is 2.73 bits per heavy atom. The van der Waals surface area contributed by atoms with Crippen molar-refractivity contribution in [1.82, 2.24) is 15.5 Å². The number of carbonyl (C=O) groups excluding carboxylic acids is 2. The summed E-state index contributed by atoms with van der Waals surface area (Å²) in [6.07, 6.45) is 9.33. The lowest BCUT2D eigenvalue weighted by Crippen LogP contribution is -2.58. The predicted octanol–water partition coefficient (Wildman–Crippen LogP) is 2.64. The molecule has 7 heteroatoms. The third kappa shape index (κ3) is 6.34. The summed E-state index contributed by atoms with van der Waals surface area (Å²) in [4.78, 5) is 25.7. The predicted molar refractivity (Wildman–Crippen MR) is 128 cm³/mol. The zero-order valence-corrected chi connectivity index (χ0v) is 19.8. The van der Waals surface area contributed by atoms with E-state index in [9.17, 15) is 9.59 Å². The standard InChI is InChI=1S/C26H39N3O4/c1-29-15-5-8-24(29)26(31)28-22-7-4-14-27-23(22)18-33-20-12-10-19(11-13-20)21-6-2-3-9-25(21)32-17-16-30/h2-3,6,9,16,19-20,22-24,27H,4-5,7-8,10-15,17-18H2,1H3,(H,28,31)/t19?,20?,22-,23-,24-/m0/s1.